The Morgan fingerprint density at radius 1 is 1.43 bits per heavy atom. The lowest BCUT2D eigenvalue weighted by Gasteiger charge is -2.17. The molecule has 1 N–H and O–H groups in total. The van der Waals surface area contributed by atoms with Crippen LogP contribution in [0.15, 0.2) is 12.1 Å². The van der Waals surface area contributed by atoms with Crippen molar-refractivity contribution in [3.8, 4) is 0 Å². The van der Waals surface area contributed by atoms with E-state index in [1.165, 1.54) is 0 Å². The first kappa shape index (κ1) is 10.5. The Labute approximate surface area is 82.9 Å². The lowest BCUT2D eigenvalue weighted by molar-refractivity contribution is 0.0768. The van der Waals surface area contributed by atoms with E-state index in [2.05, 4.69) is 4.98 Å². The van der Waals surface area contributed by atoms with Crippen molar-refractivity contribution in [3.63, 3.8) is 0 Å². The van der Waals surface area contributed by atoms with Crippen LogP contribution in [0.2, 0.25) is 0 Å². The minimum atomic E-state index is -0.0666. The Hall–Kier alpha value is -1.58. The van der Waals surface area contributed by atoms with Crippen molar-refractivity contribution in [3.05, 3.63) is 23.5 Å². The van der Waals surface area contributed by atoms with E-state index in [-0.39, 0.29) is 5.91 Å². The summed E-state index contributed by atoms with van der Waals surface area (Å²) in [5.74, 6) is -0.0666. The van der Waals surface area contributed by atoms with E-state index >= 15 is 0 Å². The molecule has 76 valence electrons. The van der Waals surface area contributed by atoms with Gasteiger partial charge in [-0.3, -0.25) is 9.59 Å². The lowest BCUT2D eigenvalue weighted by atomic mass is 10.3. The molecule has 0 bridgehead atoms. The maximum atomic E-state index is 11.7. The number of nitrogens with one attached hydrogen (secondary N) is 1. The van der Waals surface area contributed by atoms with Crippen LogP contribution in [-0.2, 0) is 0 Å². The quantitative estimate of drug-likeness (QED) is 0.735. The second-order valence-corrected chi connectivity index (χ2v) is 2.92. The molecular formula is C10H14N2O2. The second kappa shape index (κ2) is 4.60. The smallest absolute Gasteiger partial charge is 0.270 e. The van der Waals surface area contributed by atoms with Gasteiger partial charge in [-0.05, 0) is 26.0 Å². The average molecular weight is 194 g/mol. The summed E-state index contributed by atoms with van der Waals surface area (Å²) in [5.41, 5.74) is 0.899. The van der Waals surface area contributed by atoms with Gasteiger partial charge in [-0.25, -0.2) is 0 Å². The van der Waals surface area contributed by atoms with Gasteiger partial charge in [0.05, 0.1) is 5.69 Å². The molecule has 0 aromatic carbocycles. The normalized spacial score (nSPS) is 9.86. The predicted molar refractivity (Wildman–Crippen MR) is 53.4 cm³/mol. The summed E-state index contributed by atoms with van der Waals surface area (Å²) in [6.07, 6.45) is 0.693. The van der Waals surface area contributed by atoms with Gasteiger partial charge in [-0.2, -0.15) is 0 Å². The minimum Gasteiger partial charge on any atom is -0.348 e. The van der Waals surface area contributed by atoms with Gasteiger partial charge in [0.25, 0.3) is 5.91 Å². The second-order valence-electron chi connectivity index (χ2n) is 2.92. The highest BCUT2D eigenvalue weighted by molar-refractivity contribution is 5.93. The van der Waals surface area contributed by atoms with Gasteiger partial charge < -0.3 is 9.88 Å². The van der Waals surface area contributed by atoms with E-state index in [9.17, 15) is 9.59 Å². The van der Waals surface area contributed by atoms with Crippen LogP contribution in [0.25, 0.3) is 0 Å². The monoisotopic (exact) mass is 194 g/mol. The van der Waals surface area contributed by atoms with Crippen LogP contribution in [-0.4, -0.2) is 35.2 Å². The number of hydrogen-bond acceptors (Lipinski definition) is 2. The number of aromatic amines is 1. The van der Waals surface area contributed by atoms with E-state index in [1.807, 2.05) is 13.8 Å². The SMILES string of the molecule is CCN(CC)C(=O)c1ccc(C=O)[nH]1. The van der Waals surface area contributed by atoms with Crippen LogP contribution in [0, 0.1) is 0 Å². The van der Waals surface area contributed by atoms with E-state index < -0.39 is 0 Å². The summed E-state index contributed by atoms with van der Waals surface area (Å²) in [6.45, 7) is 5.19. The fraction of sp³-hybridized carbons (Fsp3) is 0.400. The van der Waals surface area contributed by atoms with Gasteiger partial charge in [0.15, 0.2) is 6.29 Å². The zero-order valence-electron chi connectivity index (χ0n) is 8.41. The van der Waals surface area contributed by atoms with E-state index in [4.69, 9.17) is 0 Å². The molecule has 0 atom stereocenters. The van der Waals surface area contributed by atoms with Gasteiger partial charge in [-0.1, -0.05) is 0 Å². The first-order chi connectivity index (χ1) is 6.72. The number of carbonyl (C=O) groups excluding carboxylic acids is 2. The fourth-order valence-corrected chi connectivity index (χ4v) is 1.29. The zero-order valence-corrected chi connectivity index (χ0v) is 8.41. The van der Waals surface area contributed by atoms with Crippen LogP contribution in [0.4, 0.5) is 0 Å². The summed E-state index contributed by atoms with van der Waals surface area (Å²) < 4.78 is 0. The molecule has 1 rings (SSSR count). The van der Waals surface area contributed by atoms with Crippen LogP contribution < -0.4 is 0 Å². The van der Waals surface area contributed by atoms with Gasteiger partial charge in [0.2, 0.25) is 0 Å². The maximum absolute atomic E-state index is 11.7. The summed E-state index contributed by atoms with van der Waals surface area (Å²) >= 11 is 0. The van der Waals surface area contributed by atoms with E-state index in [1.54, 1.807) is 17.0 Å². The fourth-order valence-electron chi connectivity index (χ4n) is 1.29. The van der Waals surface area contributed by atoms with Crippen molar-refractivity contribution in [1.29, 1.82) is 0 Å². The topological polar surface area (TPSA) is 53.2 Å². The molecule has 4 heteroatoms. The summed E-state index contributed by atoms with van der Waals surface area (Å²) in [7, 11) is 0. The Balaban J connectivity index is 2.82. The Kier molecular flexibility index (Phi) is 3.45. The van der Waals surface area contributed by atoms with Crippen LogP contribution >= 0.6 is 0 Å². The lowest BCUT2D eigenvalue weighted by Crippen LogP contribution is -2.30. The number of rotatable bonds is 4. The van der Waals surface area contributed by atoms with Crippen molar-refractivity contribution in [2.24, 2.45) is 0 Å². The van der Waals surface area contributed by atoms with Gasteiger partial charge in [0.1, 0.15) is 5.69 Å². The van der Waals surface area contributed by atoms with E-state index in [0.717, 1.165) is 0 Å². The van der Waals surface area contributed by atoms with Crippen molar-refractivity contribution in [1.82, 2.24) is 9.88 Å². The molecule has 1 aromatic heterocycles. The third-order valence-corrected chi connectivity index (χ3v) is 2.12. The first-order valence-electron chi connectivity index (χ1n) is 4.66. The number of nitrogens with zero attached hydrogens (tertiary/aromatic N) is 1. The molecule has 0 unspecified atom stereocenters. The molecule has 1 aromatic rings. The molecule has 0 aliphatic carbocycles. The summed E-state index contributed by atoms with van der Waals surface area (Å²) in [4.78, 5) is 26.6. The molecule has 0 aliphatic heterocycles. The zero-order chi connectivity index (χ0) is 10.6. The Morgan fingerprint density at radius 2 is 2.07 bits per heavy atom. The highest BCUT2D eigenvalue weighted by atomic mass is 16.2. The predicted octanol–water partition coefficient (Wildman–Crippen LogP) is 1.31. The highest BCUT2D eigenvalue weighted by Gasteiger charge is 2.13. The molecular weight excluding hydrogens is 180 g/mol. The number of H-pyrrole nitrogens is 1. The molecule has 0 aliphatic rings. The van der Waals surface area contributed by atoms with Crippen molar-refractivity contribution in [2.45, 2.75) is 13.8 Å². The van der Waals surface area contributed by atoms with Gasteiger partial charge in [-0.15, -0.1) is 0 Å². The average Bonchev–Trinajstić information content (AvgIpc) is 2.67. The van der Waals surface area contributed by atoms with Crippen molar-refractivity contribution >= 4 is 12.2 Å². The molecule has 0 saturated carbocycles. The number of carbonyl (C=O) groups is 2. The van der Waals surface area contributed by atoms with Crippen LogP contribution in [0.5, 0.6) is 0 Å². The standard InChI is InChI=1S/C10H14N2O2/c1-3-12(4-2)10(14)9-6-5-8(7-13)11-9/h5-7,11H,3-4H2,1-2H3. The molecule has 0 radical (unpaired) electrons. The molecule has 14 heavy (non-hydrogen) atoms. The van der Waals surface area contributed by atoms with Crippen LogP contribution in [0.3, 0.4) is 0 Å². The first-order valence-corrected chi connectivity index (χ1v) is 4.66. The molecule has 0 fully saturated rings. The molecule has 0 saturated heterocycles. The minimum absolute atomic E-state index is 0.0666. The number of aldehydes is 1. The van der Waals surface area contributed by atoms with E-state index in [0.29, 0.717) is 30.8 Å². The third kappa shape index (κ3) is 2.02. The van der Waals surface area contributed by atoms with Gasteiger partial charge in [0, 0.05) is 13.1 Å². The largest absolute Gasteiger partial charge is 0.348 e. The molecule has 0 spiro atoms. The van der Waals surface area contributed by atoms with Crippen molar-refractivity contribution < 1.29 is 9.59 Å². The number of hydrogen-bond donors (Lipinski definition) is 1. The highest BCUT2D eigenvalue weighted by Crippen LogP contribution is 2.04. The molecule has 1 amide bonds. The Morgan fingerprint density at radius 3 is 2.50 bits per heavy atom. The van der Waals surface area contributed by atoms with Crippen molar-refractivity contribution in [2.75, 3.05) is 13.1 Å². The summed E-state index contributed by atoms with van der Waals surface area (Å²) in [6, 6.07) is 3.23. The van der Waals surface area contributed by atoms with Crippen LogP contribution in [0.1, 0.15) is 34.8 Å². The third-order valence-electron chi connectivity index (χ3n) is 2.12. The number of aromatic nitrogens is 1. The molecule has 1 heterocycles. The maximum Gasteiger partial charge on any atom is 0.270 e. The number of amides is 1. The summed E-state index contributed by atoms with van der Waals surface area (Å²) in [5, 5.41) is 0. The molecule has 4 nitrogen and oxygen atoms in total. The Bertz CT molecular complexity index is 327. The van der Waals surface area contributed by atoms with Gasteiger partial charge >= 0.3 is 0 Å².